The number of rotatable bonds is 6. The van der Waals surface area contributed by atoms with Crippen LogP contribution in [-0.4, -0.2) is 36.6 Å². The minimum atomic E-state index is -2.08. The Labute approximate surface area is 169 Å². The third kappa shape index (κ3) is 3.33. The second kappa shape index (κ2) is 7.95. The average molecular weight is 396 g/mol. The number of benzene rings is 2. The van der Waals surface area contributed by atoms with Crippen LogP contribution >= 0.6 is 0 Å². The summed E-state index contributed by atoms with van der Waals surface area (Å²) in [5.41, 5.74) is 7.48. The van der Waals surface area contributed by atoms with Crippen LogP contribution < -0.4 is 11.1 Å². The van der Waals surface area contributed by atoms with E-state index < -0.39 is 29.3 Å². The molecule has 29 heavy (non-hydrogen) atoms. The fraction of sp³-hybridized carbons (Fsp3) is 0.318. The lowest BCUT2D eigenvalue weighted by atomic mass is 9.77. The van der Waals surface area contributed by atoms with Crippen LogP contribution in [0.2, 0.25) is 0 Å². The molecule has 0 aliphatic heterocycles. The molecule has 3 N–H and O–H groups in total. The topological polar surface area (TPSA) is 108 Å². The SMILES string of the molecule is CCOC(=O)C(NC(C)=O)(C(=O)OCC)[C@@H]1c2ccccc2-c2ccc(N)cc21. The van der Waals surface area contributed by atoms with Crippen molar-refractivity contribution in [3.8, 4) is 11.1 Å². The Morgan fingerprint density at radius 1 is 0.966 bits per heavy atom. The van der Waals surface area contributed by atoms with E-state index in [1.54, 1.807) is 26.0 Å². The van der Waals surface area contributed by atoms with Crippen molar-refractivity contribution in [2.45, 2.75) is 32.2 Å². The van der Waals surface area contributed by atoms with E-state index in [-0.39, 0.29) is 13.2 Å². The van der Waals surface area contributed by atoms with Crippen molar-refractivity contribution in [1.29, 1.82) is 0 Å². The van der Waals surface area contributed by atoms with Gasteiger partial charge >= 0.3 is 11.9 Å². The molecule has 2 aromatic rings. The van der Waals surface area contributed by atoms with Crippen molar-refractivity contribution in [3.63, 3.8) is 0 Å². The van der Waals surface area contributed by atoms with Crippen molar-refractivity contribution in [2.24, 2.45) is 0 Å². The summed E-state index contributed by atoms with van der Waals surface area (Å²) in [7, 11) is 0. The van der Waals surface area contributed by atoms with Gasteiger partial charge in [-0.25, -0.2) is 9.59 Å². The molecule has 1 aliphatic carbocycles. The van der Waals surface area contributed by atoms with Crippen molar-refractivity contribution < 1.29 is 23.9 Å². The van der Waals surface area contributed by atoms with Crippen molar-refractivity contribution >= 4 is 23.5 Å². The Kier molecular flexibility index (Phi) is 5.59. The Balaban J connectivity index is 2.35. The monoisotopic (exact) mass is 396 g/mol. The summed E-state index contributed by atoms with van der Waals surface area (Å²) >= 11 is 0. The van der Waals surface area contributed by atoms with Gasteiger partial charge in [-0.3, -0.25) is 4.79 Å². The van der Waals surface area contributed by atoms with Crippen molar-refractivity contribution in [1.82, 2.24) is 5.32 Å². The molecule has 1 amide bonds. The molecule has 0 unspecified atom stereocenters. The number of nitrogen functional groups attached to an aromatic ring is 1. The average Bonchev–Trinajstić information content (AvgIpc) is 3.00. The number of ether oxygens (including phenoxy) is 2. The lowest BCUT2D eigenvalue weighted by Gasteiger charge is -2.35. The number of carbonyl (C=O) groups excluding carboxylic acids is 3. The number of anilines is 1. The molecule has 2 aromatic carbocycles. The van der Waals surface area contributed by atoms with Gasteiger partial charge in [0.05, 0.1) is 19.1 Å². The molecule has 0 radical (unpaired) electrons. The molecule has 0 saturated carbocycles. The minimum absolute atomic E-state index is 0.0394. The molecule has 7 nitrogen and oxygen atoms in total. The summed E-state index contributed by atoms with van der Waals surface area (Å²) in [6.45, 7) is 4.59. The van der Waals surface area contributed by atoms with Gasteiger partial charge in [0.1, 0.15) is 0 Å². The molecule has 7 heteroatoms. The predicted octanol–water partition coefficient (Wildman–Crippen LogP) is 2.38. The number of carbonyl (C=O) groups is 3. The van der Waals surface area contributed by atoms with E-state index in [0.29, 0.717) is 16.8 Å². The van der Waals surface area contributed by atoms with E-state index in [2.05, 4.69) is 5.32 Å². The summed E-state index contributed by atoms with van der Waals surface area (Å²) in [5, 5.41) is 2.58. The van der Waals surface area contributed by atoms with E-state index in [0.717, 1.165) is 11.1 Å². The van der Waals surface area contributed by atoms with Gasteiger partial charge in [-0.1, -0.05) is 30.3 Å². The first-order valence-electron chi connectivity index (χ1n) is 9.48. The molecule has 152 valence electrons. The molecule has 1 aliphatic rings. The molecular weight excluding hydrogens is 372 g/mol. The molecule has 1 atom stereocenters. The third-order valence-corrected chi connectivity index (χ3v) is 4.95. The van der Waals surface area contributed by atoms with Crippen LogP contribution in [0, 0.1) is 0 Å². The van der Waals surface area contributed by atoms with Crippen LogP contribution in [0.5, 0.6) is 0 Å². The highest BCUT2D eigenvalue weighted by molar-refractivity contribution is 6.10. The Hall–Kier alpha value is -3.35. The summed E-state index contributed by atoms with van der Waals surface area (Å²) in [4.78, 5) is 38.7. The lowest BCUT2D eigenvalue weighted by molar-refractivity contribution is -0.168. The third-order valence-electron chi connectivity index (χ3n) is 4.95. The Bertz CT molecular complexity index is 951. The van der Waals surface area contributed by atoms with E-state index in [1.165, 1.54) is 6.92 Å². The molecule has 0 spiro atoms. The summed E-state index contributed by atoms with van der Waals surface area (Å²) in [5.74, 6) is -3.15. The predicted molar refractivity (Wildman–Crippen MR) is 108 cm³/mol. The normalized spacial score (nSPS) is 14.5. The van der Waals surface area contributed by atoms with Gasteiger partial charge in [0.25, 0.3) is 0 Å². The van der Waals surface area contributed by atoms with Crippen molar-refractivity contribution in [3.05, 3.63) is 53.6 Å². The highest BCUT2D eigenvalue weighted by Gasteiger charge is 2.59. The Morgan fingerprint density at radius 3 is 2.14 bits per heavy atom. The van der Waals surface area contributed by atoms with Crippen LogP contribution in [0.3, 0.4) is 0 Å². The molecule has 0 bridgehead atoms. The van der Waals surface area contributed by atoms with Crippen molar-refractivity contribution in [2.75, 3.05) is 18.9 Å². The number of fused-ring (bicyclic) bond motifs is 3. The first kappa shape index (κ1) is 20.4. The highest BCUT2D eigenvalue weighted by Crippen LogP contribution is 2.50. The second-order valence-electron chi connectivity index (χ2n) is 6.80. The zero-order valence-electron chi connectivity index (χ0n) is 16.7. The van der Waals surface area contributed by atoms with Gasteiger partial charge in [0, 0.05) is 12.6 Å². The van der Waals surface area contributed by atoms with Gasteiger partial charge in [-0.2, -0.15) is 0 Å². The van der Waals surface area contributed by atoms with Crippen LogP contribution in [0.15, 0.2) is 42.5 Å². The number of esters is 2. The number of hydrogen-bond donors (Lipinski definition) is 2. The van der Waals surface area contributed by atoms with Gasteiger partial charge < -0.3 is 20.5 Å². The van der Waals surface area contributed by atoms with Crippen LogP contribution in [0.25, 0.3) is 11.1 Å². The Morgan fingerprint density at radius 2 is 1.55 bits per heavy atom. The number of hydrogen-bond acceptors (Lipinski definition) is 6. The zero-order chi connectivity index (χ0) is 21.2. The second-order valence-corrected chi connectivity index (χ2v) is 6.80. The standard InChI is InChI=1S/C22H24N2O5/c1-4-28-20(26)22(24-13(3)25,21(27)29-5-2)19-17-9-7-6-8-15(17)16-11-10-14(23)12-18(16)19/h6-12,19H,4-5,23H2,1-3H3,(H,24,25)/t19-/m1/s1. The molecule has 0 saturated heterocycles. The maximum Gasteiger partial charge on any atom is 0.344 e. The minimum Gasteiger partial charge on any atom is -0.464 e. The van der Waals surface area contributed by atoms with Crippen LogP contribution in [0.1, 0.15) is 37.8 Å². The summed E-state index contributed by atoms with van der Waals surface area (Å²) in [6, 6.07) is 12.7. The summed E-state index contributed by atoms with van der Waals surface area (Å²) in [6.07, 6.45) is 0. The smallest absolute Gasteiger partial charge is 0.344 e. The van der Waals surface area contributed by atoms with E-state index in [9.17, 15) is 14.4 Å². The van der Waals surface area contributed by atoms with Gasteiger partial charge in [-0.05, 0) is 48.2 Å². The highest BCUT2D eigenvalue weighted by atomic mass is 16.6. The number of nitrogens with one attached hydrogen (secondary N) is 1. The van der Waals surface area contributed by atoms with Crippen LogP contribution in [-0.2, 0) is 23.9 Å². The maximum absolute atomic E-state index is 13.2. The largest absolute Gasteiger partial charge is 0.464 e. The molecule has 0 fully saturated rings. The maximum atomic E-state index is 13.2. The number of amides is 1. The fourth-order valence-electron chi connectivity index (χ4n) is 3.95. The van der Waals surface area contributed by atoms with E-state index >= 15 is 0 Å². The quantitative estimate of drug-likeness (QED) is 0.441. The first-order chi connectivity index (χ1) is 13.9. The molecular formula is C22H24N2O5. The summed E-state index contributed by atoms with van der Waals surface area (Å²) < 4.78 is 10.5. The molecule has 3 rings (SSSR count). The molecule has 0 heterocycles. The van der Waals surface area contributed by atoms with E-state index in [1.807, 2.05) is 30.3 Å². The zero-order valence-corrected chi connectivity index (χ0v) is 16.7. The van der Waals surface area contributed by atoms with E-state index in [4.69, 9.17) is 15.2 Å². The number of nitrogens with two attached hydrogens (primary N) is 1. The molecule has 0 aromatic heterocycles. The van der Waals surface area contributed by atoms with Gasteiger partial charge in [0.15, 0.2) is 0 Å². The van der Waals surface area contributed by atoms with Gasteiger partial charge in [-0.15, -0.1) is 0 Å². The lowest BCUT2D eigenvalue weighted by Crippen LogP contribution is -2.64. The van der Waals surface area contributed by atoms with Gasteiger partial charge in [0.2, 0.25) is 11.4 Å². The van der Waals surface area contributed by atoms with Crippen LogP contribution in [0.4, 0.5) is 5.69 Å². The first-order valence-corrected chi connectivity index (χ1v) is 9.48. The fourth-order valence-corrected chi connectivity index (χ4v) is 3.95.